The Kier molecular flexibility index (Phi) is 4.53. The molecule has 0 radical (unpaired) electrons. The van der Waals surface area contributed by atoms with Crippen LogP contribution in [-0.2, 0) is 9.84 Å². The van der Waals surface area contributed by atoms with Gasteiger partial charge in [-0.15, -0.1) is 0 Å². The summed E-state index contributed by atoms with van der Waals surface area (Å²) in [5.41, 5.74) is 1.00. The number of ether oxygens (including phenoxy) is 2. The van der Waals surface area contributed by atoms with Crippen molar-refractivity contribution in [3.63, 3.8) is 0 Å². The summed E-state index contributed by atoms with van der Waals surface area (Å²) in [4.78, 5) is 0.550. The fourth-order valence-corrected chi connectivity index (χ4v) is 5.31. The molecule has 0 amide bonds. The van der Waals surface area contributed by atoms with Crippen molar-refractivity contribution in [2.75, 3.05) is 13.1 Å². The van der Waals surface area contributed by atoms with Gasteiger partial charge in [0.15, 0.2) is 0 Å². The molecule has 2 aliphatic heterocycles. The second-order valence-electron chi connectivity index (χ2n) is 7.35. The van der Waals surface area contributed by atoms with Gasteiger partial charge in [0.25, 0.3) is 0 Å². The number of para-hydroxylation sites is 1. The molecule has 1 N–H and O–H groups in total. The third-order valence-corrected chi connectivity index (χ3v) is 7.28. The average molecular weight is 407 g/mol. The molecule has 2 aliphatic rings. The van der Waals surface area contributed by atoms with Crippen LogP contribution in [0.15, 0.2) is 82.6 Å². The van der Waals surface area contributed by atoms with Gasteiger partial charge >= 0.3 is 0 Å². The number of piperidine rings is 1. The van der Waals surface area contributed by atoms with E-state index in [1.54, 1.807) is 42.5 Å². The number of sulfone groups is 1. The van der Waals surface area contributed by atoms with E-state index in [-0.39, 0.29) is 16.9 Å². The molecular weight excluding hydrogens is 386 g/mol. The minimum atomic E-state index is -3.61. The van der Waals surface area contributed by atoms with Crippen molar-refractivity contribution in [3.05, 3.63) is 78.4 Å². The van der Waals surface area contributed by atoms with Crippen molar-refractivity contribution in [3.8, 4) is 17.2 Å². The molecule has 0 saturated carbocycles. The Hall–Kier alpha value is -2.83. The molecule has 5 rings (SSSR count). The van der Waals surface area contributed by atoms with Gasteiger partial charge in [-0.25, -0.2) is 8.42 Å². The molecule has 0 spiro atoms. The van der Waals surface area contributed by atoms with E-state index in [4.69, 9.17) is 9.47 Å². The fourth-order valence-electron chi connectivity index (χ4n) is 4.01. The SMILES string of the molecule is O=S(=O)(c1ccc(Oc2ccccc2)cc1)c1ccc2c(c1)C1CCNCC1O2. The lowest BCUT2D eigenvalue weighted by Gasteiger charge is -2.24. The highest BCUT2D eigenvalue weighted by Crippen LogP contribution is 2.42. The second kappa shape index (κ2) is 7.21. The predicted octanol–water partition coefficient (Wildman–Crippen LogP) is 4.15. The van der Waals surface area contributed by atoms with Crippen LogP contribution in [0.25, 0.3) is 0 Å². The summed E-state index contributed by atoms with van der Waals surface area (Å²) in [7, 11) is -3.61. The Balaban J connectivity index is 1.41. The maximum absolute atomic E-state index is 13.2. The first-order valence-electron chi connectivity index (χ1n) is 9.71. The first-order valence-corrected chi connectivity index (χ1v) is 11.2. The highest BCUT2D eigenvalue weighted by Gasteiger charge is 2.37. The van der Waals surface area contributed by atoms with Gasteiger partial charge in [0.1, 0.15) is 23.4 Å². The van der Waals surface area contributed by atoms with Gasteiger partial charge in [0, 0.05) is 18.0 Å². The molecule has 148 valence electrons. The van der Waals surface area contributed by atoms with Crippen LogP contribution in [-0.4, -0.2) is 27.6 Å². The van der Waals surface area contributed by atoms with Crippen LogP contribution >= 0.6 is 0 Å². The van der Waals surface area contributed by atoms with Gasteiger partial charge in [0.2, 0.25) is 9.84 Å². The van der Waals surface area contributed by atoms with Crippen LogP contribution < -0.4 is 14.8 Å². The quantitative estimate of drug-likeness (QED) is 0.704. The van der Waals surface area contributed by atoms with Crippen LogP contribution in [0.2, 0.25) is 0 Å². The van der Waals surface area contributed by atoms with Crippen molar-refractivity contribution < 1.29 is 17.9 Å². The highest BCUT2D eigenvalue weighted by atomic mass is 32.2. The Bertz CT molecular complexity index is 1130. The maximum atomic E-state index is 13.2. The smallest absolute Gasteiger partial charge is 0.206 e. The average Bonchev–Trinajstić information content (AvgIpc) is 3.13. The van der Waals surface area contributed by atoms with E-state index in [1.807, 2.05) is 30.3 Å². The molecule has 2 unspecified atom stereocenters. The standard InChI is InChI=1S/C23H21NO4S/c25-29(26,18-8-6-17(7-9-18)27-16-4-2-1-3-5-16)19-10-11-22-21(14-19)20-12-13-24-15-23(20)28-22/h1-11,14,20,23-24H,12-13,15H2. The van der Waals surface area contributed by atoms with Gasteiger partial charge in [-0.2, -0.15) is 0 Å². The summed E-state index contributed by atoms with van der Waals surface area (Å²) in [6.07, 6.45) is 1.04. The predicted molar refractivity (Wildman–Crippen MR) is 109 cm³/mol. The molecule has 2 heterocycles. The Morgan fingerprint density at radius 3 is 2.41 bits per heavy atom. The summed E-state index contributed by atoms with van der Waals surface area (Å²) in [6.45, 7) is 1.72. The zero-order valence-corrected chi connectivity index (χ0v) is 16.6. The molecule has 3 aromatic rings. The van der Waals surface area contributed by atoms with Gasteiger partial charge in [0.05, 0.1) is 9.79 Å². The van der Waals surface area contributed by atoms with Gasteiger partial charge in [-0.1, -0.05) is 18.2 Å². The Morgan fingerprint density at radius 2 is 1.62 bits per heavy atom. The molecule has 0 bridgehead atoms. The van der Waals surface area contributed by atoms with Crippen molar-refractivity contribution in [1.29, 1.82) is 0 Å². The summed E-state index contributed by atoms with van der Waals surface area (Å²) < 4.78 is 38.1. The number of fused-ring (bicyclic) bond motifs is 3. The lowest BCUT2D eigenvalue weighted by molar-refractivity contribution is 0.177. The first-order chi connectivity index (χ1) is 14.1. The van der Waals surface area contributed by atoms with E-state index < -0.39 is 9.84 Å². The summed E-state index contributed by atoms with van der Waals surface area (Å²) in [6, 6.07) is 21.1. The molecule has 29 heavy (non-hydrogen) atoms. The van der Waals surface area contributed by atoms with E-state index in [2.05, 4.69) is 5.32 Å². The third-order valence-electron chi connectivity index (χ3n) is 5.51. The van der Waals surface area contributed by atoms with Crippen LogP contribution in [0.3, 0.4) is 0 Å². The second-order valence-corrected chi connectivity index (χ2v) is 9.29. The van der Waals surface area contributed by atoms with Gasteiger partial charge in [-0.3, -0.25) is 0 Å². The number of hydrogen-bond donors (Lipinski definition) is 1. The summed E-state index contributed by atoms with van der Waals surface area (Å²) >= 11 is 0. The van der Waals surface area contributed by atoms with Crippen LogP contribution in [0, 0.1) is 0 Å². The largest absolute Gasteiger partial charge is 0.488 e. The molecule has 0 aliphatic carbocycles. The van der Waals surface area contributed by atoms with E-state index in [9.17, 15) is 8.42 Å². The van der Waals surface area contributed by atoms with Crippen LogP contribution in [0.4, 0.5) is 0 Å². The minimum absolute atomic E-state index is 0.0890. The first kappa shape index (κ1) is 18.2. The zero-order chi connectivity index (χ0) is 19.8. The van der Waals surface area contributed by atoms with Crippen LogP contribution in [0.1, 0.15) is 17.9 Å². The lowest BCUT2D eigenvalue weighted by Crippen LogP contribution is -2.39. The van der Waals surface area contributed by atoms with E-state index >= 15 is 0 Å². The molecule has 1 saturated heterocycles. The molecule has 0 aromatic heterocycles. The Morgan fingerprint density at radius 1 is 0.897 bits per heavy atom. The molecule has 3 aromatic carbocycles. The molecular formula is C23H21NO4S. The number of nitrogens with one attached hydrogen (secondary N) is 1. The molecule has 5 nitrogen and oxygen atoms in total. The van der Waals surface area contributed by atoms with Crippen LogP contribution in [0.5, 0.6) is 17.2 Å². The highest BCUT2D eigenvalue weighted by molar-refractivity contribution is 7.91. The maximum Gasteiger partial charge on any atom is 0.206 e. The third kappa shape index (κ3) is 3.39. The van der Waals surface area contributed by atoms with E-state index in [0.29, 0.717) is 16.4 Å². The van der Waals surface area contributed by atoms with Crippen molar-refractivity contribution in [2.24, 2.45) is 0 Å². The lowest BCUT2D eigenvalue weighted by atomic mass is 9.90. The van der Waals surface area contributed by atoms with Crippen molar-refractivity contribution in [1.82, 2.24) is 5.32 Å². The van der Waals surface area contributed by atoms with E-state index in [1.165, 1.54) is 0 Å². The van der Waals surface area contributed by atoms with Gasteiger partial charge in [-0.05, 0) is 67.6 Å². The monoisotopic (exact) mass is 407 g/mol. The Labute approximate surface area is 170 Å². The summed E-state index contributed by atoms with van der Waals surface area (Å²) in [5, 5.41) is 3.33. The van der Waals surface area contributed by atoms with Gasteiger partial charge < -0.3 is 14.8 Å². The molecule has 6 heteroatoms. The van der Waals surface area contributed by atoms with Crippen molar-refractivity contribution in [2.45, 2.75) is 28.2 Å². The molecule has 1 fully saturated rings. The molecule has 2 atom stereocenters. The topological polar surface area (TPSA) is 64.6 Å². The zero-order valence-electron chi connectivity index (χ0n) is 15.7. The number of benzene rings is 3. The minimum Gasteiger partial charge on any atom is -0.488 e. The van der Waals surface area contributed by atoms with E-state index in [0.717, 1.165) is 30.8 Å². The number of rotatable bonds is 4. The fraction of sp³-hybridized carbons (Fsp3) is 0.217. The summed E-state index contributed by atoms with van der Waals surface area (Å²) in [5.74, 6) is 2.35. The number of hydrogen-bond acceptors (Lipinski definition) is 5. The van der Waals surface area contributed by atoms with Crippen molar-refractivity contribution >= 4 is 9.84 Å². The normalized spacial score (nSPS) is 20.4.